The van der Waals surface area contributed by atoms with Crippen LogP contribution in [0.2, 0.25) is 0 Å². The SMILES string of the molecule is O=C(O)C(O)C(O)C(O)C(O)CO.[O-2].[OH-].[Sb+5]. The van der Waals surface area contributed by atoms with Crippen LogP contribution < -0.4 is 0 Å². The maximum Gasteiger partial charge on any atom is 5.00 e. The molecule has 4 atom stereocenters. The third-order valence-electron chi connectivity index (χ3n) is 1.51. The van der Waals surface area contributed by atoms with Crippen molar-refractivity contribution in [2.75, 3.05) is 6.61 Å². The van der Waals surface area contributed by atoms with Gasteiger partial charge in [0.05, 0.1) is 6.61 Å². The Labute approximate surface area is 108 Å². The van der Waals surface area contributed by atoms with E-state index in [0.717, 1.165) is 0 Å². The fraction of sp³-hybridized carbons (Fsp3) is 0.833. The summed E-state index contributed by atoms with van der Waals surface area (Å²) in [7, 11) is 0. The van der Waals surface area contributed by atoms with Crippen LogP contribution >= 0.6 is 0 Å². The van der Waals surface area contributed by atoms with E-state index in [-0.39, 0.29) is 35.4 Å². The molecule has 10 heteroatoms. The van der Waals surface area contributed by atoms with E-state index < -0.39 is 37.0 Å². The number of aliphatic hydroxyl groups is 5. The number of carboxylic acids is 1. The standard InChI is InChI=1S/C6H12O7.H2O.O.Sb/c7-1-2(8)3(9)4(10)5(11)6(12)13;;;/h2-5,7-11H,1H2,(H,12,13);1H2;;/q;;-2;+5/p-1. The number of hydrogen-bond acceptors (Lipinski definition) is 7. The molecular formula is C6H13O9Sb+2. The van der Waals surface area contributed by atoms with Gasteiger partial charge < -0.3 is 41.6 Å². The largest absolute Gasteiger partial charge is 5.00 e. The first-order valence-electron chi connectivity index (χ1n) is 3.47. The summed E-state index contributed by atoms with van der Waals surface area (Å²) in [6, 6.07) is 0. The average Bonchev–Trinajstić information content (AvgIpc) is 2.12. The van der Waals surface area contributed by atoms with Gasteiger partial charge in [-0.2, -0.15) is 0 Å². The van der Waals surface area contributed by atoms with Crippen LogP contribution in [-0.2, 0) is 10.3 Å². The van der Waals surface area contributed by atoms with Crippen LogP contribution in [-0.4, -0.2) is 97.5 Å². The molecule has 0 radical (unpaired) electrons. The zero-order valence-electron chi connectivity index (χ0n) is 7.91. The normalized spacial score (nSPS) is 16.6. The monoisotopic (exact) mass is 350 g/mol. The Kier molecular flexibility index (Phi) is 18.0. The van der Waals surface area contributed by atoms with E-state index in [0.29, 0.717) is 0 Å². The molecular weight excluding hydrogens is 338 g/mol. The Morgan fingerprint density at radius 2 is 1.44 bits per heavy atom. The number of carboxylic acid groups (broad SMARTS) is 1. The molecule has 0 aliphatic rings. The maximum absolute atomic E-state index is 10.1. The molecule has 0 heterocycles. The molecule has 0 spiro atoms. The summed E-state index contributed by atoms with van der Waals surface area (Å²) in [6.45, 7) is -0.843. The van der Waals surface area contributed by atoms with Gasteiger partial charge in [-0.05, 0) is 0 Å². The van der Waals surface area contributed by atoms with Crippen LogP contribution in [0, 0.1) is 0 Å². The predicted molar refractivity (Wildman–Crippen MR) is 47.1 cm³/mol. The zero-order valence-corrected chi connectivity index (χ0v) is 10.5. The van der Waals surface area contributed by atoms with Crippen molar-refractivity contribution >= 4 is 30.4 Å². The van der Waals surface area contributed by atoms with Crippen LogP contribution in [0.25, 0.3) is 0 Å². The van der Waals surface area contributed by atoms with E-state index in [2.05, 4.69) is 0 Å². The molecule has 0 saturated heterocycles. The fourth-order valence-corrected chi connectivity index (χ4v) is 0.668. The van der Waals surface area contributed by atoms with E-state index in [9.17, 15) is 4.79 Å². The molecule has 0 fully saturated rings. The molecule has 94 valence electrons. The minimum absolute atomic E-state index is 0. The quantitative estimate of drug-likeness (QED) is 0.268. The van der Waals surface area contributed by atoms with Crippen molar-refractivity contribution in [1.82, 2.24) is 0 Å². The number of aliphatic carboxylic acids is 1. The maximum atomic E-state index is 10.1. The van der Waals surface area contributed by atoms with Crippen LogP contribution in [0.15, 0.2) is 0 Å². The molecule has 4 unspecified atom stereocenters. The Morgan fingerprint density at radius 1 is 1.06 bits per heavy atom. The summed E-state index contributed by atoms with van der Waals surface area (Å²) < 4.78 is 0. The Balaban J connectivity index is -0.000000240. The molecule has 0 aromatic heterocycles. The van der Waals surface area contributed by atoms with E-state index in [4.69, 9.17) is 30.6 Å². The number of aliphatic hydroxyl groups excluding tert-OH is 5. The van der Waals surface area contributed by atoms with Crippen molar-refractivity contribution < 1.29 is 46.4 Å². The van der Waals surface area contributed by atoms with E-state index in [1.165, 1.54) is 0 Å². The van der Waals surface area contributed by atoms with E-state index in [1.54, 1.807) is 0 Å². The van der Waals surface area contributed by atoms with Crippen LogP contribution in [0.3, 0.4) is 0 Å². The molecule has 9 nitrogen and oxygen atoms in total. The van der Waals surface area contributed by atoms with E-state index in [1.807, 2.05) is 0 Å². The first-order valence-corrected chi connectivity index (χ1v) is 3.47. The van der Waals surface area contributed by atoms with Gasteiger partial charge in [0.2, 0.25) is 0 Å². The molecule has 0 rings (SSSR count). The summed E-state index contributed by atoms with van der Waals surface area (Å²) in [5.41, 5.74) is 0. The summed E-state index contributed by atoms with van der Waals surface area (Å²) >= 11 is 0. The molecule has 0 aliphatic heterocycles. The van der Waals surface area contributed by atoms with Gasteiger partial charge in [0.15, 0.2) is 6.10 Å². The molecule has 0 aromatic carbocycles. The Bertz CT molecular complexity index is 177. The Morgan fingerprint density at radius 3 is 1.69 bits per heavy atom. The molecule has 0 aromatic rings. The molecule has 0 aliphatic carbocycles. The fourth-order valence-electron chi connectivity index (χ4n) is 0.668. The van der Waals surface area contributed by atoms with Crippen LogP contribution in [0.4, 0.5) is 0 Å². The minimum atomic E-state index is -2.20. The Hall–Kier alpha value is 0.00818. The van der Waals surface area contributed by atoms with Crippen LogP contribution in [0.5, 0.6) is 0 Å². The van der Waals surface area contributed by atoms with Gasteiger partial charge in [0, 0.05) is 0 Å². The van der Waals surface area contributed by atoms with Crippen LogP contribution in [0.1, 0.15) is 0 Å². The molecule has 0 saturated carbocycles. The first-order chi connectivity index (χ1) is 5.91. The average molecular weight is 351 g/mol. The smallest absolute Gasteiger partial charge is 2.00 e. The van der Waals surface area contributed by atoms with Crippen molar-refractivity contribution in [2.24, 2.45) is 0 Å². The number of hydrogen-bond donors (Lipinski definition) is 6. The van der Waals surface area contributed by atoms with Crippen molar-refractivity contribution in [2.45, 2.75) is 24.4 Å². The van der Waals surface area contributed by atoms with Gasteiger partial charge in [0.1, 0.15) is 18.3 Å². The summed E-state index contributed by atoms with van der Waals surface area (Å²) in [4.78, 5) is 10.1. The van der Waals surface area contributed by atoms with Crippen molar-refractivity contribution in [3.8, 4) is 0 Å². The molecule has 7 N–H and O–H groups in total. The number of carbonyl (C=O) groups is 1. The first kappa shape index (κ1) is 25.0. The zero-order chi connectivity index (χ0) is 10.6. The summed E-state index contributed by atoms with van der Waals surface area (Å²) in [5, 5.41) is 51.8. The summed E-state index contributed by atoms with van der Waals surface area (Å²) in [5.74, 6) is -1.73. The third-order valence-corrected chi connectivity index (χ3v) is 1.51. The van der Waals surface area contributed by atoms with Crippen molar-refractivity contribution in [1.29, 1.82) is 0 Å². The second-order valence-corrected chi connectivity index (χ2v) is 2.51. The van der Waals surface area contributed by atoms with Gasteiger partial charge >= 0.3 is 30.4 Å². The second kappa shape index (κ2) is 11.5. The third kappa shape index (κ3) is 7.31. The topological polar surface area (TPSA) is 197 Å². The van der Waals surface area contributed by atoms with E-state index >= 15 is 0 Å². The number of rotatable bonds is 5. The molecule has 0 bridgehead atoms. The van der Waals surface area contributed by atoms with Gasteiger partial charge in [0.25, 0.3) is 0 Å². The van der Waals surface area contributed by atoms with Gasteiger partial charge in [-0.3, -0.25) is 0 Å². The van der Waals surface area contributed by atoms with Gasteiger partial charge in [-0.1, -0.05) is 0 Å². The molecule has 0 amide bonds. The predicted octanol–water partition coefficient (Wildman–Crippen LogP) is -4.17. The van der Waals surface area contributed by atoms with Crippen molar-refractivity contribution in [3.05, 3.63) is 0 Å². The van der Waals surface area contributed by atoms with Gasteiger partial charge in [-0.25, -0.2) is 4.79 Å². The minimum Gasteiger partial charge on any atom is -2.00 e. The van der Waals surface area contributed by atoms with Gasteiger partial charge in [-0.15, -0.1) is 0 Å². The summed E-state index contributed by atoms with van der Waals surface area (Å²) in [6.07, 6.45) is -7.84. The molecule has 16 heavy (non-hydrogen) atoms. The van der Waals surface area contributed by atoms with Crippen molar-refractivity contribution in [3.63, 3.8) is 0 Å². The second-order valence-electron chi connectivity index (χ2n) is 2.51.